The van der Waals surface area contributed by atoms with Gasteiger partial charge in [0, 0.05) is 48.0 Å². The highest BCUT2D eigenvalue weighted by Gasteiger charge is 2.33. The van der Waals surface area contributed by atoms with Gasteiger partial charge in [-0.15, -0.1) is 11.3 Å². The molecule has 0 bridgehead atoms. The molecule has 0 spiro atoms. The number of aromatic nitrogens is 1. The lowest BCUT2D eigenvalue weighted by Crippen LogP contribution is -2.46. The van der Waals surface area contributed by atoms with Gasteiger partial charge in [0.2, 0.25) is 11.8 Å². The highest BCUT2D eigenvalue weighted by molar-refractivity contribution is 9.10. The fourth-order valence-electron chi connectivity index (χ4n) is 4.06. The number of benzene rings is 1. The second-order valence-corrected chi connectivity index (χ2v) is 9.64. The van der Waals surface area contributed by atoms with Crippen molar-refractivity contribution < 1.29 is 14.3 Å². The summed E-state index contributed by atoms with van der Waals surface area (Å²) >= 11 is 4.96. The zero-order valence-electron chi connectivity index (χ0n) is 17.1. The summed E-state index contributed by atoms with van der Waals surface area (Å²) in [4.78, 5) is 33.6. The molecule has 2 aromatic rings. The highest BCUT2D eigenvalue weighted by Crippen LogP contribution is 2.31. The van der Waals surface area contributed by atoms with Crippen molar-refractivity contribution in [3.63, 3.8) is 0 Å². The van der Waals surface area contributed by atoms with Gasteiger partial charge < -0.3 is 9.64 Å². The van der Waals surface area contributed by atoms with Gasteiger partial charge in [-0.2, -0.15) is 0 Å². The van der Waals surface area contributed by atoms with Gasteiger partial charge in [0.25, 0.3) is 0 Å². The Balaban J connectivity index is 1.53. The van der Waals surface area contributed by atoms with Crippen LogP contribution in [0.4, 0.5) is 5.13 Å². The Morgan fingerprint density at radius 1 is 1.23 bits per heavy atom. The van der Waals surface area contributed by atoms with E-state index in [0.717, 1.165) is 40.3 Å². The lowest BCUT2D eigenvalue weighted by molar-refractivity contribution is -0.133. The molecule has 0 N–H and O–H groups in total. The summed E-state index contributed by atoms with van der Waals surface area (Å²) in [6, 6.07) is 8.03. The average Bonchev–Trinajstić information content (AvgIpc) is 3.44. The largest absolute Gasteiger partial charge is 0.376 e. The van der Waals surface area contributed by atoms with Crippen molar-refractivity contribution in [3.8, 4) is 11.3 Å². The van der Waals surface area contributed by atoms with Crippen LogP contribution in [-0.4, -0.2) is 54.0 Å². The maximum atomic E-state index is 13.5. The molecule has 8 heteroatoms. The average molecular weight is 492 g/mol. The number of rotatable bonds is 5. The number of likely N-dealkylation sites (tertiary alicyclic amines) is 1. The molecule has 3 heterocycles. The third kappa shape index (κ3) is 4.92. The number of hydrogen-bond donors (Lipinski definition) is 0. The second-order valence-electron chi connectivity index (χ2n) is 7.89. The monoisotopic (exact) mass is 491 g/mol. The first-order chi connectivity index (χ1) is 14.5. The normalized spacial score (nSPS) is 19.8. The minimum absolute atomic E-state index is 0.0614. The second kappa shape index (κ2) is 9.58. The van der Waals surface area contributed by atoms with Crippen LogP contribution in [0.2, 0.25) is 0 Å². The van der Waals surface area contributed by atoms with Gasteiger partial charge in [0.1, 0.15) is 0 Å². The van der Waals surface area contributed by atoms with Gasteiger partial charge in [-0.1, -0.05) is 28.1 Å². The van der Waals surface area contributed by atoms with E-state index in [9.17, 15) is 9.59 Å². The SMILES string of the molecule is CC(=O)N1CCC(C(=O)N(CC2CCCO2)c2nc(-c3ccc(Br)cc3)cs2)CC1. The summed E-state index contributed by atoms with van der Waals surface area (Å²) in [5.41, 5.74) is 1.90. The number of thiazole rings is 1. The fraction of sp³-hybridized carbons (Fsp3) is 0.500. The van der Waals surface area contributed by atoms with Crippen LogP contribution in [0.15, 0.2) is 34.1 Å². The number of halogens is 1. The van der Waals surface area contributed by atoms with E-state index in [4.69, 9.17) is 9.72 Å². The van der Waals surface area contributed by atoms with Crippen molar-refractivity contribution in [3.05, 3.63) is 34.1 Å². The number of nitrogens with zero attached hydrogens (tertiary/aromatic N) is 3. The van der Waals surface area contributed by atoms with E-state index < -0.39 is 0 Å². The summed E-state index contributed by atoms with van der Waals surface area (Å²) in [5, 5.41) is 2.73. The fourth-order valence-corrected chi connectivity index (χ4v) is 5.17. The molecule has 2 fully saturated rings. The molecule has 2 saturated heterocycles. The van der Waals surface area contributed by atoms with Gasteiger partial charge in [0.05, 0.1) is 18.3 Å². The number of amides is 2. The molecule has 1 aromatic heterocycles. The molecule has 1 aromatic carbocycles. The van der Waals surface area contributed by atoms with E-state index in [1.54, 1.807) is 6.92 Å². The number of carbonyl (C=O) groups is 2. The Kier molecular flexibility index (Phi) is 6.85. The van der Waals surface area contributed by atoms with Crippen molar-refractivity contribution in [2.75, 3.05) is 31.1 Å². The van der Waals surface area contributed by atoms with Crippen LogP contribution >= 0.6 is 27.3 Å². The standard InChI is InChI=1S/C22H26BrN3O3S/c1-15(27)25-10-8-17(9-11-25)21(28)26(13-19-3-2-12-29-19)22-24-20(14-30-22)16-4-6-18(23)7-5-16/h4-7,14,17,19H,2-3,8-13H2,1H3. The summed E-state index contributed by atoms with van der Waals surface area (Å²) < 4.78 is 6.84. The van der Waals surface area contributed by atoms with Gasteiger partial charge in [-0.3, -0.25) is 14.5 Å². The predicted molar refractivity (Wildman–Crippen MR) is 122 cm³/mol. The lowest BCUT2D eigenvalue weighted by Gasteiger charge is -2.33. The van der Waals surface area contributed by atoms with E-state index in [2.05, 4.69) is 15.9 Å². The van der Waals surface area contributed by atoms with Crippen LogP contribution in [0.3, 0.4) is 0 Å². The van der Waals surface area contributed by atoms with Crippen molar-refractivity contribution in [2.24, 2.45) is 5.92 Å². The van der Waals surface area contributed by atoms with E-state index in [-0.39, 0.29) is 23.8 Å². The highest BCUT2D eigenvalue weighted by atomic mass is 79.9. The topological polar surface area (TPSA) is 62.7 Å². The van der Waals surface area contributed by atoms with Crippen LogP contribution in [0.5, 0.6) is 0 Å². The molecule has 30 heavy (non-hydrogen) atoms. The molecule has 160 valence electrons. The smallest absolute Gasteiger partial charge is 0.232 e. The van der Waals surface area contributed by atoms with Crippen LogP contribution < -0.4 is 4.90 Å². The Morgan fingerprint density at radius 3 is 2.60 bits per heavy atom. The maximum Gasteiger partial charge on any atom is 0.232 e. The summed E-state index contributed by atoms with van der Waals surface area (Å²) in [7, 11) is 0. The molecule has 1 atom stereocenters. The summed E-state index contributed by atoms with van der Waals surface area (Å²) in [5.74, 6) is 0.101. The first-order valence-corrected chi connectivity index (χ1v) is 12.1. The molecule has 2 amide bonds. The first kappa shape index (κ1) is 21.5. The van der Waals surface area contributed by atoms with Gasteiger partial charge in [-0.05, 0) is 37.8 Å². The van der Waals surface area contributed by atoms with E-state index in [0.29, 0.717) is 32.5 Å². The third-order valence-corrected chi connectivity index (χ3v) is 7.22. The summed E-state index contributed by atoms with van der Waals surface area (Å²) in [6.45, 7) is 4.17. The zero-order chi connectivity index (χ0) is 21.1. The van der Waals surface area contributed by atoms with Gasteiger partial charge >= 0.3 is 0 Å². The third-order valence-electron chi connectivity index (χ3n) is 5.83. The van der Waals surface area contributed by atoms with Crippen LogP contribution in [0.25, 0.3) is 11.3 Å². The molecule has 0 saturated carbocycles. The molecule has 0 radical (unpaired) electrons. The van der Waals surface area contributed by atoms with Crippen molar-refractivity contribution >= 4 is 44.2 Å². The summed E-state index contributed by atoms with van der Waals surface area (Å²) in [6.07, 6.45) is 3.46. The van der Waals surface area contributed by atoms with Crippen molar-refractivity contribution in [1.29, 1.82) is 0 Å². The van der Waals surface area contributed by atoms with E-state index in [1.165, 1.54) is 11.3 Å². The molecule has 2 aliphatic heterocycles. The Bertz CT molecular complexity index is 887. The van der Waals surface area contributed by atoms with E-state index >= 15 is 0 Å². The number of hydrogen-bond acceptors (Lipinski definition) is 5. The Labute approximate surface area is 189 Å². The molecule has 6 nitrogen and oxygen atoms in total. The maximum absolute atomic E-state index is 13.5. The molecule has 1 unspecified atom stereocenters. The zero-order valence-corrected chi connectivity index (χ0v) is 19.5. The van der Waals surface area contributed by atoms with Crippen LogP contribution in [-0.2, 0) is 14.3 Å². The minimum atomic E-state index is -0.0815. The Morgan fingerprint density at radius 2 is 1.97 bits per heavy atom. The van der Waals surface area contributed by atoms with E-state index in [1.807, 2.05) is 39.4 Å². The van der Waals surface area contributed by atoms with Crippen molar-refractivity contribution in [2.45, 2.75) is 38.7 Å². The van der Waals surface area contributed by atoms with Crippen LogP contribution in [0.1, 0.15) is 32.6 Å². The quantitative estimate of drug-likeness (QED) is 0.623. The number of anilines is 1. The molecular formula is C22H26BrN3O3S. The molecule has 0 aliphatic carbocycles. The first-order valence-electron chi connectivity index (χ1n) is 10.4. The minimum Gasteiger partial charge on any atom is -0.376 e. The molecular weight excluding hydrogens is 466 g/mol. The van der Waals surface area contributed by atoms with Gasteiger partial charge in [-0.25, -0.2) is 4.98 Å². The van der Waals surface area contributed by atoms with Crippen molar-refractivity contribution in [1.82, 2.24) is 9.88 Å². The molecule has 4 rings (SSSR count). The number of carbonyl (C=O) groups excluding carboxylic acids is 2. The lowest BCUT2D eigenvalue weighted by atomic mass is 9.95. The number of piperidine rings is 1. The number of ether oxygens (including phenoxy) is 1. The Hall–Kier alpha value is -1.77. The predicted octanol–water partition coefficient (Wildman–Crippen LogP) is 4.34. The van der Waals surface area contributed by atoms with Crippen LogP contribution in [0, 0.1) is 5.92 Å². The molecule has 2 aliphatic rings. The van der Waals surface area contributed by atoms with Gasteiger partial charge in [0.15, 0.2) is 5.13 Å².